The van der Waals surface area contributed by atoms with Crippen molar-refractivity contribution in [2.24, 2.45) is 0 Å². The third-order valence-corrected chi connectivity index (χ3v) is 3.25. The van der Waals surface area contributed by atoms with Gasteiger partial charge in [-0.1, -0.05) is 24.3 Å². The molecule has 1 amide bonds. The van der Waals surface area contributed by atoms with Crippen molar-refractivity contribution in [1.29, 1.82) is 0 Å². The smallest absolute Gasteiger partial charge is 0.256 e. The van der Waals surface area contributed by atoms with Gasteiger partial charge >= 0.3 is 0 Å². The minimum Gasteiger partial charge on any atom is -0.348 e. The Labute approximate surface area is 128 Å². The molecule has 1 aromatic carbocycles. The van der Waals surface area contributed by atoms with Crippen LogP contribution >= 0.6 is 0 Å². The minimum atomic E-state index is -0.175. The van der Waals surface area contributed by atoms with Crippen LogP contribution in [-0.4, -0.2) is 26.8 Å². The number of aromatic nitrogens is 3. The van der Waals surface area contributed by atoms with Crippen LogP contribution < -0.4 is 5.32 Å². The van der Waals surface area contributed by atoms with Gasteiger partial charge in [-0.2, -0.15) is 5.10 Å². The van der Waals surface area contributed by atoms with Crippen LogP contribution in [0.5, 0.6) is 0 Å². The molecule has 110 valence electrons. The zero-order chi connectivity index (χ0) is 15.4. The zero-order valence-electron chi connectivity index (χ0n) is 12.0. The van der Waals surface area contributed by atoms with Gasteiger partial charge in [0.05, 0.1) is 11.9 Å². The minimum absolute atomic E-state index is 0.175. The fourth-order valence-electron chi connectivity index (χ4n) is 2.24. The van der Waals surface area contributed by atoms with Crippen molar-refractivity contribution in [3.8, 4) is 11.5 Å². The maximum absolute atomic E-state index is 12.3. The number of nitrogens with one attached hydrogen (secondary N) is 1. The molecule has 0 atom stereocenters. The summed E-state index contributed by atoms with van der Waals surface area (Å²) in [6.45, 7) is 4.03. The number of nitrogens with zero attached hydrogens (tertiary/aromatic N) is 3. The molecule has 3 aromatic rings. The summed E-state index contributed by atoms with van der Waals surface area (Å²) in [5.41, 5.74) is 1.41. The van der Waals surface area contributed by atoms with Gasteiger partial charge in [-0.3, -0.25) is 4.79 Å². The first kappa shape index (κ1) is 13.9. The Kier molecular flexibility index (Phi) is 3.87. The third-order valence-electron chi connectivity index (χ3n) is 3.25. The van der Waals surface area contributed by atoms with Crippen LogP contribution in [0.15, 0.2) is 73.7 Å². The fourth-order valence-corrected chi connectivity index (χ4v) is 2.24. The van der Waals surface area contributed by atoms with Gasteiger partial charge in [-0.25, -0.2) is 4.68 Å². The average molecular weight is 292 g/mol. The molecule has 0 fully saturated rings. The van der Waals surface area contributed by atoms with Crippen LogP contribution in [0.4, 0.5) is 0 Å². The standard InChI is InChI=1S/C17H16N4O/c1-2-10-18-16(22)15-13-19-21(14-8-4-3-5-9-14)17(15)20-11-6-7-12-20/h2-9,11-13H,1,10H2,(H,18,22). The van der Waals surface area contributed by atoms with Gasteiger partial charge < -0.3 is 9.88 Å². The summed E-state index contributed by atoms with van der Waals surface area (Å²) < 4.78 is 3.63. The summed E-state index contributed by atoms with van der Waals surface area (Å²) in [6.07, 6.45) is 7.01. The predicted octanol–water partition coefficient (Wildman–Crippen LogP) is 2.58. The molecule has 2 heterocycles. The lowest BCUT2D eigenvalue weighted by molar-refractivity contribution is 0.0958. The summed E-state index contributed by atoms with van der Waals surface area (Å²) >= 11 is 0. The fraction of sp³-hybridized carbons (Fsp3) is 0.0588. The van der Waals surface area contributed by atoms with Gasteiger partial charge in [0.25, 0.3) is 5.91 Å². The van der Waals surface area contributed by atoms with E-state index in [1.807, 2.05) is 59.4 Å². The average Bonchev–Trinajstić information content (AvgIpc) is 3.21. The van der Waals surface area contributed by atoms with Gasteiger partial charge in [0, 0.05) is 18.9 Å². The van der Waals surface area contributed by atoms with Crippen molar-refractivity contribution in [2.45, 2.75) is 0 Å². The van der Waals surface area contributed by atoms with Crippen molar-refractivity contribution in [3.05, 3.63) is 79.3 Å². The number of rotatable bonds is 5. The lowest BCUT2D eigenvalue weighted by atomic mass is 10.3. The molecule has 5 nitrogen and oxygen atoms in total. The van der Waals surface area contributed by atoms with Gasteiger partial charge in [-0.15, -0.1) is 6.58 Å². The molecule has 22 heavy (non-hydrogen) atoms. The van der Waals surface area contributed by atoms with E-state index >= 15 is 0 Å². The summed E-state index contributed by atoms with van der Waals surface area (Å²) in [4.78, 5) is 12.3. The van der Waals surface area contributed by atoms with E-state index in [0.717, 1.165) is 5.69 Å². The molecule has 0 aliphatic rings. The summed E-state index contributed by atoms with van der Waals surface area (Å²) in [5.74, 6) is 0.531. The summed E-state index contributed by atoms with van der Waals surface area (Å²) in [6, 6.07) is 13.5. The largest absolute Gasteiger partial charge is 0.348 e. The second-order valence-electron chi connectivity index (χ2n) is 4.72. The first-order valence-electron chi connectivity index (χ1n) is 6.97. The van der Waals surface area contributed by atoms with Crippen LogP contribution in [0.1, 0.15) is 10.4 Å². The van der Waals surface area contributed by atoms with Crippen LogP contribution in [-0.2, 0) is 0 Å². The highest BCUT2D eigenvalue weighted by molar-refractivity contribution is 5.97. The monoisotopic (exact) mass is 292 g/mol. The highest BCUT2D eigenvalue weighted by Gasteiger charge is 2.19. The number of para-hydroxylation sites is 1. The predicted molar refractivity (Wildman–Crippen MR) is 85.4 cm³/mol. The Morgan fingerprint density at radius 1 is 1.18 bits per heavy atom. The Balaban J connectivity index is 2.10. The zero-order valence-corrected chi connectivity index (χ0v) is 12.0. The van der Waals surface area contributed by atoms with E-state index in [4.69, 9.17) is 0 Å². The van der Waals surface area contributed by atoms with Gasteiger partial charge in [0.2, 0.25) is 0 Å². The number of benzene rings is 1. The maximum atomic E-state index is 12.3. The summed E-state index contributed by atoms with van der Waals surface area (Å²) in [5, 5.41) is 7.17. The molecule has 0 aliphatic heterocycles. The summed E-state index contributed by atoms with van der Waals surface area (Å²) in [7, 11) is 0. The van der Waals surface area contributed by atoms with Crippen molar-refractivity contribution < 1.29 is 4.79 Å². The van der Waals surface area contributed by atoms with Crippen molar-refractivity contribution >= 4 is 5.91 Å². The lowest BCUT2D eigenvalue weighted by Gasteiger charge is -2.10. The molecule has 5 heteroatoms. The maximum Gasteiger partial charge on any atom is 0.256 e. The van der Waals surface area contributed by atoms with Crippen molar-refractivity contribution in [1.82, 2.24) is 19.7 Å². The van der Waals surface area contributed by atoms with Gasteiger partial charge in [0.1, 0.15) is 5.56 Å². The first-order chi connectivity index (χ1) is 10.8. The Hall–Kier alpha value is -3.08. The number of carbonyl (C=O) groups is 1. The van der Waals surface area contributed by atoms with E-state index in [2.05, 4.69) is 17.0 Å². The SMILES string of the molecule is C=CCNC(=O)c1cnn(-c2ccccc2)c1-n1cccc1. The van der Waals surface area contributed by atoms with E-state index in [0.29, 0.717) is 17.9 Å². The number of hydrogen-bond donors (Lipinski definition) is 1. The lowest BCUT2D eigenvalue weighted by Crippen LogP contribution is -2.24. The van der Waals surface area contributed by atoms with E-state index in [-0.39, 0.29) is 5.91 Å². The topological polar surface area (TPSA) is 51.9 Å². The van der Waals surface area contributed by atoms with Crippen molar-refractivity contribution in [3.63, 3.8) is 0 Å². The molecule has 0 aliphatic carbocycles. The van der Waals surface area contributed by atoms with E-state index in [9.17, 15) is 4.79 Å². The van der Waals surface area contributed by atoms with E-state index < -0.39 is 0 Å². The molecule has 1 N–H and O–H groups in total. The molecule has 0 spiro atoms. The molecule has 2 aromatic heterocycles. The van der Waals surface area contributed by atoms with E-state index in [1.54, 1.807) is 17.0 Å². The third kappa shape index (κ3) is 2.56. The molecule has 0 bridgehead atoms. The van der Waals surface area contributed by atoms with Crippen LogP contribution in [0.3, 0.4) is 0 Å². The Bertz CT molecular complexity index is 772. The number of amides is 1. The number of hydrogen-bond acceptors (Lipinski definition) is 2. The Morgan fingerprint density at radius 2 is 1.91 bits per heavy atom. The molecule has 0 radical (unpaired) electrons. The van der Waals surface area contributed by atoms with Crippen LogP contribution in [0.2, 0.25) is 0 Å². The van der Waals surface area contributed by atoms with Gasteiger partial charge in [-0.05, 0) is 24.3 Å². The number of carbonyl (C=O) groups excluding carboxylic acids is 1. The molecule has 0 unspecified atom stereocenters. The molecule has 3 rings (SSSR count). The Morgan fingerprint density at radius 3 is 2.59 bits per heavy atom. The first-order valence-corrected chi connectivity index (χ1v) is 6.97. The highest BCUT2D eigenvalue weighted by atomic mass is 16.1. The molecular formula is C17H16N4O. The second kappa shape index (κ2) is 6.13. The van der Waals surface area contributed by atoms with Gasteiger partial charge in [0.15, 0.2) is 5.82 Å². The van der Waals surface area contributed by atoms with E-state index in [1.165, 1.54) is 0 Å². The highest BCUT2D eigenvalue weighted by Crippen LogP contribution is 2.19. The van der Waals surface area contributed by atoms with Crippen molar-refractivity contribution in [2.75, 3.05) is 6.54 Å². The van der Waals surface area contributed by atoms with Crippen LogP contribution in [0.25, 0.3) is 11.5 Å². The normalized spacial score (nSPS) is 10.4. The second-order valence-corrected chi connectivity index (χ2v) is 4.72. The van der Waals surface area contributed by atoms with Crippen LogP contribution in [0, 0.1) is 0 Å². The molecular weight excluding hydrogens is 276 g/mol. The molecule has 0 saturated carbocycles. The molecule has 0 saturated heterocycles. The quantitative estimate of drug-likeness (QED) is 0.735.